The van der Waals surface area contributed by atoms with Crippen molar-refractivity contribution in [1.82, 2.24) is 0 Å². The summed E-state index contributed by atoms with van der Waals surface area (Å²) < 4.78 is 5.25. The first-order valence-electron chi connectivity index (χ1n) is 8.60. The molecule has 8 nitrogen and oxygen atoms in total. The van der Waals surface area contributed by atoms with Crippen molar-refractivity contribution < 1.29 is 24.0 Å². The number of imide groups is 1. The lowest BCUT2D eigenvalue weighted by Gasteiger charge is -2.13. The van der Waals surface area contributed by atoms with Gasteiger partial charge in [-0.05, 0) is 48.5 Å². The molecule has 0 spiro atoms. The zero-order valence-electron chi connectivity index (χ0n) is 15.1. The van der Waals surface area contributed by atoms with E-state index in [0.717, 1.165) is 11.0 Å². The molecule has 0 N–H and O–H groups in total. The number of nitro groups is 1. The maximum Gasteiger partial charge on any atom is 0.343 e. The Balaban J connectivity index is 1.63. The van der Waals surface area contributed by atoms with Crippen molar-refractivity contribution in [2.75, 3.05) is 4.90 Å². The third-order valence-electron chi connectivity index (χ3n) is 4.45. The lowest BCUT2D eigenvalue weighted by atomic mass is 10.1. The number of hydrogen-bond acceptors (Lipinski definition) is 6. The molecular formula is C21H11ClN2O6. The van der Waals surface area contributed by atoms with Crippen molar-refractivity contribution in [2.45, 2.75) is 0 Å². The van der Waals surface area contributed by atoms with Crippen LogP contribution in [0.15, 0.2) is 66.7 Å². The zero-order valence-corrected chi connectivity index (χ0v) is 15.8. The second-order valence-electron chi connectivity index (χ2n) is 6.33. The molecule has 0 unspecified atom stereocenters. The van der Waals surface area contributed by atoms with E-state index in [1.54, 1.807) is 12.1 Å². The van der Waals surface area contributed by atoms with E-state index in [0.29, 0.717) is 5.02 Å². The van der Waals surface area contributed by atoms with Gasteiger partial charge in [-0.25, -0.2) is 9.69 Å². The van der Waals surface area contributed by atoms with Crippen LogP contribution >= 0.6 is 11.6 Å². The van der Waals surface area contributed by atoms with Crippen LogP contribution in [0.25, 0.3) is 0 Å². The third kappa shape index (κ3) is 3.40. The number of non-ortho nitro benzene ring substituents is 1. The molecule has 0 saturated carbocycles. The number of fused-ring (bicyclic) bond motifs is 1. The fourth-order valence-electron chi connectivity index (χ4n) is 3.02. The molecule has 3 aromatic rings. The van der Waals surface area contributed by atoms with Crippen LogP contribution in [-0.4, -0.2) is 22.7 Å². The number of anilines is 1. The molecule has 2 amide bonds. The normalized spacial score (nSPS) is 12.6. The van der Waals surface area contributed by atoms with Crippen molar-refractivity contribution in [3.63, 3.8) is 0 Å². The van der Waals surface area contributed by atoms with Gasteiger partial charge in [0.25, 0.3) is 17.5 Å². The molecule has 0 bridgehead atoms. The monoisotopic (exact) mass is 422 g/mol. The van der Waals surface area contributed by atoms with Crippen molar-refractivity contribution in [3.8, 4) is 5.75 Å². The highest BCUT2D eigenvalue weighted by Crippen LogP contribution is 2.31. The van der Waals surface area contributed by atoms with Gasteiger partial charge in [-0.3, -0.25) is 19.7 Å². The molecule has 0 radical (unpaired) electrons. The number of nitrogens with zero attached hydrogens (tertiary/aromatic N) is 2. The molecule has 0 saturated heterocycles. The topological polar surface area (TPSA) is 107 Å². The van der Waals surface area contributed by atoms with E-state index in [9.17, 15) is 24.5 Å². The summed E-state index contributed by atoms with van der Waals surface area (Å²) in [5.41, 5.74) is -0.00525. The van der Waals surface area contributed by atoms with Crippen LogP contribution in [0.5, 0.6) is 5.75 Å². The molecule has 9 heteroatoms. The Morgan fingerprint density at radius 2 is 1.63 bits per heavy atom. The second kappa shape index (κ2) is 7.41. The molecule has 0 aromatic heterocycles. The van der Waals surface area contributed by atoms with Gasteiger partial charge < -0.3 is 4.74 Å². The molecule has 30 heavy (non-hydrogen) atoms. The molecular weight excluding hydrogens is 412 g/mol. The number of ether oxygens (including phenoxy) is 1. The number of nitro benzene ring substituents is 1. The number of benzene rings is 3. The van der Waals surface area contributed by atoms with E-state index < -0.39 is 22.7 Å². The maximum atomic E-state index is 12.8. The Hall–Kier alpha value is -4.04. The number of halogens is 1. The van der Waals surface area contributed by atoms with Gasteiger partial charge in [0.15, 0.2) is 0 Å². The largest absolute Gasteiger partial charge is 0.423 e. The van der Waals surface area contributed by atoms with Crippen molar-refractivity contribution in [2.24, 2.45) is 0 Å². The molecule has 1 heterocycles. The minimum absolute atomic E-state index is 0.0112. The predicted molar refractivity (Wildman–Crippen MR) is 107 cm³/mol. The summed E-state index contributed by atoms with van der Waals surface area (Å²) in [5.74, 6) is -1.76. The molecule has 0 aliphatic carbocycles. The highest BCUT2D eigenvalue weighted by Gasteiger charge is 2.37. The predicted octanol–water partition coefficient (Wildman–Crippen LogP) is 4.27. The molecule has 1 aliphatic rings. The number of rotatable bonds is 4. The summed E-state index contributed by atoms with van der Waals surface area (Å²) in [7, 11) is 0. The van der Waals surface area contributed by atoms with E-state index in [4.69, 9.17) is 16.3 Å². The van der Waals surface area contributed by atoms with Gasteiger partial charge in [-0.2, -0.15) is 0 Å². The summed E-state index contributed by atoms with van der Waals surface area (Å²) in [6, 6.07) is 15.4. The lowest BCUT2D eigenvalue weighted by Crippen LogP contribution is -2.29. The van der Waals surface area contributed by atoms with Crippen LogP contribution in [0, 0.1) is 10.1 Å². The molecule has 1 aliphatic heterocycles. The summed E-state index contributed by atoms with van der Waals surface area (Å²) in [6.45, 7) is 0. The number of carbonyl (C=O) groups is 3. The van der Waals surface area contributed by atoms with Crippen molar-refractivity contribution in [1.29, 1.82) is 0 Å². The Kier molecular flexibility index (Phi) is 4.77. The summed E-state index contributed by atoms with van der Waals surface area (Å²) in [4.78, 5) is 49.2. The Labute approximate surface area is 174 Å². The third-order valence-corrected chi connectivity index (χ3v) is 4.70. The second-order valence-corrected chi connectivity index (χ2v) is 6.76. The van der Waals surface area contributed by atoms with Crippen molar-refractivity contribution >= 4 is 40.8 Å². The van der Waals surface area contributed by atoms with Crippen LogP contribution < -0.4 is 9.64 Å². The van der Waals surface area contributed by atoms with E-state index >= 15 is 0 Å². The summed E-state index contributed by atoms with van der Waals surface area (Å²) in [5, 5.41) is 11.5. The number of carbonyl (C=O) groups excluding carboxylic acids is 3. The van der Waals surface area contributed by atoms with Crippen LogP contribution in [0.2, 0.25) is 5.02 Å². The first kappa shape index (κ1) is 19.3. The number of esters is 1. The lowest BCUT2D eigenvalue weighted by molar-refractivity contribution is -0.384. The molecule has 0 atom stereocenters. The quantitative estimate of drug-likeness (QED) is 0.204. The van der Waals surface area contributed by atoms with Crippen LogP contribution in [-0.2, 0) is 0 Å². The number of hydrogen-bond donors (Lipinski definition) is 0. The van der Waals surface area contributed by atoms with E-state index in [-0.39, 0.29) is 33.8 Å². The standard InChI is InChI=1S/C21H11ClN2O6/c22-13-5-7-16(8-6-13)30-21(27)12-4-9-17-18(10-12)20(26)23(19(17)25)14-2-1-3-15(11-14)24(28)29/h1-11H. The minimum atomic E-state index is -0.714. The highest BCUT2D eigenvalue weighted by atomic mass is 35.5. The first-order chi connectivity index (χ1) is 14.3. The summed E-state index contributed by atoms with van der Waals surface area (Å²) >= 11 is 5.80. The molecule has 3 aromatic carbocycles. The van der Waals surface area contributed by atoms with Crippen molar-refractivity contribution in [3.05, 3.63) is 98.6 Å². The van der Waals surface area contributed by atoms with E-state index in [2.05, 4.69) is 0 Å². The zero-order chi connectivity index (χ0) is 21.4. The maximum absolute atomic E-state index is 12.8. The number of amides is 2. The fourth-order valence-corrected chi connectivity index (χ4v) is 3.14. The average Bonchev–Trinajstić information content (AvgIpc) is 2.99. The smallest absolute Gasteiger partial charge is 0.343 e. The van der Waals surface area contributed by atoms with Gasteiger partial charge in [-0.1, -0.05) is 17.7 Å². The van der Waals surface area contributed by atoms with E-state index in [1.807, 2.05) is 0 Å². The minimum Gasteiger partial charge on any atom is -0.423 e. The Bertz CT molecular complexity index is 1220. The Morgan fingerprint density at radius 1 is 0.933 bits per heavy atom. The van der Waals surface area contributed by atoms with Crippen LogP contribution in [0.1, 0.15) is 31.1 Å². The van der Waals surface area contributed by atoms with Gasteiger partial charge in [0.2, 0.25) is 0 Å². The van der Waals surface area contributed by atoms with Gasteiger partial charge in [0.05, 0.1) is 27.3 Å². The molecule has 4 rings (SSSR count). The van der Waals surface area contributed by atoms with Gasteiger partial charge in [0, 0.05) is 17.2 Å². The first-order valence-corrected chi connectivity index (χ1v) is 8.98. The van der Waals surface area contributed by atoms with Crippen LogP contribution in [0.4, 0.5) is 11.4 Å². The highest BCUT2D eigenvalue weighted by molar-refractivity contribution is 6.34. The average molecular weight is 423 g/mol. The van der Waals surface area contributed by atoms with E-state index in [1.165, 1.54) is 48.5 Å². The van der Waals surface area contributed by atoms with Gasteiger partial charge in [0.1, 0.15) is 5.75 Å². The fraction of sp³-hybridized carbons (Fsp3) is 0. The Morgan fingerprint density at radius 3 is 2.33 bits per heavy atom. The van der Waals surface area contributed by atoms with Gasteiger partial charge >= 0.3 is 5.97 Å². The SMILES string of the molecule is O=C(Oc1ccc(Cl)cc1)c1ccc2c(c1)C(=O)N(c1cccc([N+](=O)[O-])c1)C2=O. The van der Waals surface area contributed by atoms with Crippen LogP contribution in [0.3, 0.4) is 0 Å². The molecule has 148 valence electrons. The summed E-state index contributed by atoms with van der Waals surface area (Å²) in [6.07, 6.45) is 0. The molecule has 0 fully saturated rings. The van der Waals surface area contributed by atoms with Gasteiger partial charge in [-0.15, -0.1) is 0 Å².